The lowest BCUT2D eigenvalue weighted by atomic mass is 9.98. The zero-order valence-electron chi connectivity index (χ0n) is 15.4. The molecule has 0 aliphatic carbocycles. The summed E-state index contributed by atoms with van der Waals surface area (Å²) in [6.45, 7) is 0. The summed E-state index contributed by atoms with van der Waals surface area (Å²) in [7, 11) is 6.60. The molecule has 0 aliphatic rings. The van der Waals surface area contributed by atoms with E-state index in [-0.39, 0.29) is 0 Å². The van der Waals surface area contributed by atoms with Crippen molar-refractivity contribution in [2.24, 2.45) is 0 Å². The molecule has 4 heteroatoms. The summed E-state index contributed by atoms with van der Waals surface area (Å²) in [5.74, 6) is 3.03. The molecule has 26 heavy (non-hydrogen) atoms. The van der Waals surface area contributed by atoms with E-state index in [4.69, 9.17) is 18.9 Å². The van der Waals surface area contributed by atoms with Gasteiger partial charge in [0.05, 0.1) is 28.4 Å². The molecule has 0 amide bonds. The average Bonchev–Trinajstić information content (AvgIpc) is 2.72. The Morgan fingerprint density at radius 3 is 1.08 bits per heavy atom. The van der Waals surface area contributed by atoms with Gasteiger partial charge in [-0.2, -0.15) is 0 Å². The monoisotopic (exact) mass is 350 g/mol. The lowest BCUT2D eigenvalue weighted by Crippen LogP contribution is -1.90. The Bertz CT molecular complexity index is 787. The third kappa shape index (κ3) is 3.75. The second kappa shape index (κ2) is 7.83. The molecule has 0 unspecified atom stereocenters. The lowest BCUT2D eigenvalue weighted by Gasteiger charge is -2.12. The van der Waals surface area contributed by atoms with E-state index in [0.717, 1.165) is 45.3 Å². The molecule has 3 rings (SSSR count). The molecule has 0 heterocycles. The van der Waals surface area contributed by atoms with Crippen LogP contribution < -0.4 is 18.9 Å². The van der Waals surface area contributed by atoms with Gasteiger partial charge in [0.1, 0.15) is 23.0 Å². The van der Waals surface area contributed by atoms with Crippen molar-refractivity contribution in [2.75, 3.05) is 28.4 Å². The summed E-state index contributed by atoms with van der Waals surface area (Å²) in [4.78, 5) is 0. The molecular formula is C22H22O4. The molecule has 0 bridgehead atoms. The molecule has 0 spiro atoms. The Morgan fingerprint density at radius 2 is 0.769 bits per heavy atom. The fourth-order valence-corrected chi connectivity index (χ4v) is 2.83. The zero-order chi connectivity index (χ0) is 18.5. The second-order valence-electron chi connectivity index (χ2n) is 5.78. The van der Waals surface area contributed by atoms with Crippen molar-refractivity contribution >= 4 is 0 Å². The smallest absolute Gasteiger partial charge is 0.123 e. The van der Waals surface area contributed by atoms with Gasteiger partial charge in [0.15, 0.2) is 0 Å². The van der Waals surface area contributed by atoms with Gasteiger partial charge in [-0.1, -0.05) is 18.2 Å². The Kier molecular flexibility index (Phi) is 5.32. The van der Waals surface area contributed by atoms with Crippen molar-refractivity contribution in [3.05, 3.63) is 60.7 Å². The summed E-state index contributed by atoms with van der Waals surface area (Å²) >= 11 is 0. The van der Waals surface area contributed by atoms with Crippen molar-refractivity contribution in [1.29, 1.82) is 0 Å². The minimum Gasteiger partial charge on any atom is -0.497 e. The van der Waals surface area contributed by atoms with E-state index in [1.54, 1.807) is 28.4 Å². The van der Waals surface area contributed by atoms with Crippen LogP contribution in [0.5, 0.6) is 23.0 Å². The molecule has 4 nitrogen and oxygen atoms in total. The maximum absolute atomic E-state index is 5.38. The van der Waals surface area contributed by atoms with Crippen LogP contribution in [0.15, 0.2) is 60.7 Å². The summed E-state index contributed by atoms with van der Waals surface area (Å²) in [5.41, 5.74) is 4.19. The van der Waals surface area contributed by atoms with Gasteiger partial charge >= 0.3 is 0 Å². The van der Waals surface area contributed by atoms with Crippen LogP contribution in [0.4, 0.5) is 0 Å². The topological polar surface area (TPSA) is 36.9 Å². The van der Waals surface area contributed by atoms with E-state index in [1.165, 1.54) is 0 Å². The summed E-state index contributed by atoms with van der Waals surface area (Å²) in [6, 6.07) is 20.0. The number of hydrogen-bond acceptors (Lipinski definition) is 4. The number of hydrogen-bond donors (Lipinski definition) is 0. The van der Waals surface area contributed by atoms with Gasteiger partial charge in [-0.25, -0.2) is 0 Å². The van der Waals surface area contributed by atoms with E-state index < -0.39 is 0 Å². The number of benzene rings is 3. The first kappa shape index (κ1) is 17.7. The highest BCUT2D eigenvalue weighted by Gasteiger charge is 2.08. The highest BCUT2D eigenvalue weighted by atomic mass is 16.5. The van der Waals surface area contributed by atoms with Crippen LogP contribution in [-0.4, -0.2) is 28.4 Å². The third-order valence-corrected chi connectivity index (χ3v) is 4.23. The SMILES string of the molecule is COc1cc(OC)cc(-c2cccc(-c3cc(OC)cc(OC)c3)c2)c1. The van der Waals surface area contributed by atoms with E-state index in [1.807, 2.05) is 42.5 Å². The minimum atomic E-state index is 0.757. The molecule has 3 aromatic carbocycles. The van der Waals surface area contributed by atoms with Crippen molar-refractivity contribution in [2.45, 2.75) is 0 Å². The van der Waals surface area contributed by atoms with E-state index >= 15 is 0 Å². The standard InChI is InChI=1S/C22H22O4/c1-23-19-9-17(10-20(13-19)24-2)15-6-5-7-16(8-15)18-11-21(25-3)14-22(12-18)26-4/h5-14H,1-4H3. The fraction of sp³-hybridized carbons (Fsp3) is 0.182. The van der Waals surface area contributed by atoms with E-state index in [0.29, 0.717) is 0 Å². The molecule has 0 radical (unpaired) electrons. The summed E-state index contributed by atoms with van der Waals surface area (Å²) in [5, 5.41) is 0. The van der Waals surface area contributed by atoms with Gasteiger partial charge in [-0.3, -0.25) is 0 Å². The highest BCUT2D eigenvalue weighted by Crippen LogP contribution is 2.34. The van der Waals surface area contributed by atoms with Crippen LogP contribution in [0.3, 0.4) is 0 Å². The summed E-state index contributed by atoms with van der Waals surface area (Å²) in [6.07, 6.45) is 0. The molecule has 134 valence electrons. The fourth-order valence-electron chi connectivity index (χ4n) is 2.83. The number of ether oxygens (including phenoxy) is 4. The average molecular weight is 350 g/mol. The van der Waals surface area contributed by atoms with Crippen LogP contribution in [-0.2, 0) is 0 Å². The third-order valence-electron chi connectivity index (χ3n) is 4.23. The van der Waals surface area contributed by atoms with Crippen LogP contribution in [0, 0.1) is 0 Å². The van der Waals surface area contributed by atoms with Gasteiger partial charge in [0, 0.05) is 12.1 Å². The van der Waals surface area contributed by atoms with Gasteiger partial charge < -0.3 is 18.9 Å². The van der Waals surface area contributed by atoms with Crippen molar-refractivity contribution in [1.82, 2.24) is 0 Å². The molecule has 3 aromatic rings. The number of methoxy groups -OCH3 is 4. The molecule has 0 aromatic heterocycles. The van der Waals surface area contributed by atoms with Crippen molar-refractivity contribution in [3.8, 4) is 45.3 Å². The van der Waals surface area contributed by atoms with Gasteiger partial charge in [0.2, 0.25) is 0 Å². The normalized spacial score (nSPS) is 10.3. The predicted molar refractivity (Wildman–Crippen MR) is 104 cm³/mol. The Morgan fingerprint density at radius 1 is 0.423 bits per heavy atom. The quantitative estimate of drug-likeness (QED) is 0.623. The van der Waals surface area contributed by atoms with E-state index in [2.05, 4.69) is 18.2 Å². The Hall–Kier alpha value is -3.14. The number of rotatable bonds is 6. The minimum absolute atomic E-state index is 0.757. The molecule has 0 fully saturated rings. The Balaban J connectivity index is 2.07. The zero-order valence-corrected chi connectivity index (χ0v) is 15.4. The van der Waals surface area contributed by atoms with Crippen LogP contribution in [0.25, 0.3) is 22.3 Å². The first-order valence-electron chi connectivity index (χ1n) is 8.23. The van der Waals surface area contributed by atoms with Crippen LogP contribution in [0.1, 0.15) is 0 Å². The second-order valence-corrected chi connectivity index (χ2v) is 5.78. The molecular weight excluding hydrogens is 328 g/mol. The maximum atomic E-state index is 5.38. The lowest BCUT2D eigenvalue weighted by molar-refractivity contribution is 0.394. The first-order valence-corrected chi connectivity index (χ1v) is 8.23. The van der Waals surface area contributed by atoms with Gasteiger partial charge in [-0.15, -0.1) is 0 Å². The Labute approximate surface area is 153 Å². The predicted octanol–water partition coefficient (Wildman–Crippen LogP) is 5.06. The van der Waals surface area contributed by atoms with Crippen molar-refractivity contribution < 1.29 is 18.9 Å². The van der Waals surface area contributed by atoms with Crippen LogP contribution in [0.2, 0.25) is 0 Å². The molecule has 0 aliphatic heterocycles. The van der Waals surface area contributed by atoms with E-state index in [9.17, 15) is 0 Å². The molecule has 0 saturated heterocycles. The highest BCUT2D eigenvalue weighted by molar-refractivity contribution is 5.75. The van der Waals surface area contributed by atoms with Crippen LogP contribution >= 0.6 is 0 Å². The molecule has 0 saturated carbocycles. The largest absolute Gasteiger partial charge is 0.497 e. The molecule has 0 N–H and O–H groups in total. The first-order chi connectivity index (χ1) is 12.7. The molecule has 0 atom stereocenters. The van der Waals surface area contributed by atoms with Gasteiger partial charge in [0.25, 0.3) is 0 Å². The van der Waals surface area contributed by atoms with Crippen molar-refractivity contribution in [3.63, 3.8) is 0 Å². The maximum Gasteiger partial charge on any atom is 0.123 e. The summed E-state index contributed by atoms with van der Waals surface area (Å²) < 4.78 is 21.5. The van der Waals surface area contributed by atoms with Gasteiger partial charge in [-0.05, 0) is 52.6 Å².